The highest BCUT2D eigenvalue weighted by Gasteiger charge is 2.51. The van der Waals surface area contributed by atoms with Crippen LogP contribution in [0.4, 0.5) is 0 Å². The highest BCUT2D eigenvalue weighted by molar-refractivity contribution is 6.29. The molecular weight excluding hydrogens is 751 g/mol. The smallest absolute Gasteiger partial charge is 0.161 e. The van der Waals surface area contributed by atoms with E-state index in [9.17, 15) is 0 Å². The first-order chi connectivity index (χ1) is 30.6. The molecule has 0 amide bonds. The number of hydrogen-bond acceptors (Lipinski definition) is 1. The van der Waals surface area contributed by atoms with Gasteiger partial charge in [0.25, 0.3) is 0 Å². The minimum atomic E-state index is -0.370. The molecule has 2 aliphatic rings. The van der Waals surface area contributed by atoms with E-state index < -0.39 is 0 Å². The molecule has 0 aromatic heterocycles. The molecule has 0 aliphatic heterocycles. The van der Waals surface area contributed by atoms with E-state index in [4.69, 9.17) is 5.41 Å². The zero-order valence-corrected chi connectivity index (χ0v) is 34.3. The molecule has 0 saturated heterocycles. The molecule has 62 heavy (non-hydrogen) atoms. The van der Waals surface area contributed by atoms with E-state index in [-0.39, 0.29) is 11.3 Å². The molecule has 1 spiro atoms. The van der Waals surface area contributed by atoms with Gasteiger partial charge in [0.2, 0.25) is 0 Å². The summed E-state index contributed by atoms with van der Waals surface area (Å²) in [7, 11) is 0. The Labute approximate surface area is 361 Å². The number of aryl methyl sites for hydroxylation is 1. The number of benzene rings is 10. The van der Waals surface area contributed by atoms with Crippen LogP contribution in [-0.4, -0.2) is 18.4 Å². The quantitative estimate of drug-likeness (QED) is 0.105. The van der Waals surface area contributed by atoms with Crippen LogP contribution in [0, 0.1) is 12.3 Å². The third-order valence-corrected chi connectivity index (χ3v) is 12.8. The lowest BCUT2D eigenvalue weighted by molar-refractivity contribution is 0.794. The van der Waals surface area contributed by atoms with Crippen LogP contribution in [0.1, 0.15) is 38.9 Å². The summed E-state index contributed by atoms with van der Waals surface area (Å²) >= 11 is 0. The fourth-order valence-corrected chi connectivity index (χ4v) is 10.1. The Morgan fingerprint density at radius 2 is 0.919 bits per heavy atom. The lowest BCUT2D eigenvalue weighted by atomic mass is 9.70. The second-order valence-electron chi connectivity index (χ2n) is 16.1. The van der Waals surface area contributed by atoms with Crippen molar-refractivity contribution in [1.29, 1.82) is 5.41 Å². The summed E-state index contributed by atoms with van der Waals surface area (Å²) < 4.78 is 0. The van der Waals surface area contributed by atoms with E-state index in [2.05, 4.69) is 187 Å². The van der Waals surface area contributed by atoms with Crippen molar-refractivity contribution >= 4 is 50.7 Å². The van der Waals surface area contributed by atoms with Crippen molar-refractivity contribution in [3.63, 3.8) is 0 Å². The first-order valence-corrected chi connectivity index (χ1v) is 21.1. The molecule has 0 saturated carbocycles. The van der Waals surface area contributed by atoms with Gasteiger partial charge in [0.1, 0.15) is 0 Å². The van der Waals surface area contributed by atoms with Crippen LogP contribution >= 0.6 is 0 Å². The molecule has 0 radical (unpaired) electrons. The van der Waals surface area contributed by atoms with Gasteiger partial charge in [-0.2, -0.15) is 0 Å². The van der Waals surface area contributed by atoms with Gasteiger partial charge in [0.05, 0.1) is 5.41 Å². The summed E-state index contributed by atoms with van der Waals surface area (Å²) in [6.45, 7) is 5.93. The SMILES string of the molecule is C=NC(=NC(=N)c1ccccc1)c1ccc2c(c1)c1ccccc1c1cccc(-c3ccc4c(c3)-c3ccccc3C43c4ccccc4-c4ccccc43)c12.Cc1ccccc1. The molecule has 292 valence electrons. The maximum atomic E-state index is 8.69. The number of nitrogens with one attached hydrogen (secondary N) is 1. The van der Waals surface area contributed by atoms with Crippen LogP contribution in [0.3, 0.4) is 0 Å². The van der Waals surface area contributed by atoms with Gasteiger partial charge in [-0.1, -0.05) is 206 Å². The minimum Gasteiger partial charge on any atom is -0.282 e. The fourth-order valence-electron chi connectivity index (χ4n) is 10.1. The average molecular weight is 792 g/mol. The first kappa shape index (κ1) is 37.0. The molecule has 12 rings (SSSR count). The van der Waals surface area contributed by atoms with Crippen LogP contribution in [0.2, 0.25) is 0 Å². The Kier molecular flexibility index (Phi) is 8.91. The van der Waals surface area contributed by atoms with Gasteiger partial charge in [-0.05, 0) is 114 Å². The highest BCUT2D eigenvalue weighted by atomic mass is 14.9. The predicted octanol–water partition coefficient (Wildman–Crippen LogP) is 14.6. The Balaban J connectivity index is 0.000000565. The normalized spacial score (nSPS) is 13.0. The van der Waals surface area contributed by atoms with Crippen LogP contribution < -0.4 is 0 Å². The highest BCUT2D eigenvalue weighted by Crippen LogP contribution is 2.63. The van der Waals surface area contributed by atoms with Gasteiger partial charge in [-0.3, -0.25) is 5.41 Å². The van der Waals surface area contributed by atoms with Gasteiger partial charge in [0.15, 0.2) is 11.7 Å². The summed E-state index contributed by atoms with van der Waals surface area (Å²) in [4.78, 5) is 8.94. The van der Waals surface area contributed by atoms with Crippen molar-refractivity contribution in [2.45, 2.75) is 12.3 Å². The molecule has 2 aliphatic carbocycles. The fraction of sp³-hybridized carbons (Fsp3) is 0.0339. The van der Waals surface area contributed by atoms with E-state index in [0.29, 0.717) is 5.84 Å². The number of nitrogens with zero attached hydrogens (tertiary/aromatic N) is 2. The van der Waals surface area contributed by atoms with Crippen LogP contribution in [0.15, 0.2) is 222 Å². The number of aliphatic imine (C=N–C) groups is 2. The molecule has 0 unspecified atom stereocenters. The van der Waals surface area contributed by atoms with Crippen molar-refractivity contribution in [1.82, 2.24) is 0 Å². The van der Waals surface area contributed by atoms with Crippen molar-refractivity contribution < 1.29 is 0 Å². The summed E-state index contributed by atoms with van der Waals surface area (Å²) in [5, 5.41) is 15.7. The van der Waals surface area contributed by atoms with Crippen LogP contribution in [-0.2, 0) is 5.41 Å². The molecule has 3 nitrogen and oxygen atoms in total. The number of amidine groups is 2. The number of hydrogen-bond donors (Lipinski definition) is 1. The van der Waals surface area contributed by atoms with Crippen LogP contribution in [0.5, 0.6) is 0 Å². The predicted molar refractivity (Wildman–Crippen MR) is 261 cm³/mol. The van der Waals surface area contributed by atoms with Gasteiger partial charge in [0, 0.05) is 11.1 Å². The van der Waals surface area contributed by atoms with E-state index in [0.717, 1.165) is 27.3 Å². The topological polar surface area (TPSA) is 48.6 Å². The van der Waals surface area contributed by atoms with Gasteiger partial charge < -0.3 is 0 Å². The second-order valence-corrected chi connectivity index (χ2v) is 16.1. The number of fused-ring (bicyclic) bond motifs is 16. The van der Waals surface area contributed by atoms with Crippen molar-refractivity contribution in [3.8, 4) is 33.4 Å². The van der Waals surface area contributed by atoms with Crippen LogP contribution in [0.25, 0.3) is 65.7 Å². The molecular formula is C59H41N3. The third-order valence-electron chi connectivity index (χ3n) is 12.8. The standard InChI is InChI=1S/C52H33N3.C7H8/c1-54-51(55-50(53)32-14-3-2-4-15-32)34-26-28-42-43(31-34)37-17-6-5-16-36(37)41-22-13-21-35(49(41)42)33-27-29-48-44(30-33)40-20-9-12-25-47(40)52(48)45-23-10-7-18-38(45)39-19-8-11-24-46(39)52;1-7-5-3-2-4-6-7/h2-31,53H,1H2;2-6H,1H3. The van der Waals surface area contributed by atoms with Crippen molar-refractivity contribution in [3.05, 3.63) is 251 Å². The number of rotatable bonds is 3. The molecule has 10 aromatic rings. The molecule has 3 heteroatoms. The summed E-state index contributed by atoms with van der Waals surface area (Å²) in [6.07, 6.45) is 0. The lowest BCUT2D eigenvalue weighted by Gasteiger charge is -2.30. The lowest BCUT2D eigenvalue weighted by Crippen LogP contribution is -2.25. The van der Waals surface area contributed by atoms with Gasteiger partial charge in [-0.15, -0.1) is 0 Å². The molecule has 10 aromatic carbocycles. The summed E-state index contributed by atoms with van der Waals surface area (Å²) in [5.74, 6) is 0.577. The Bertz CT molecular complexity index is 3410. The van der Waals surface area contributed by atoms with Crippen molar-refractivity contribution in [2.24, 2.45) is 9.98 Å². The minimum absolute atomic E-state index is 0.151. The van der Waals surface area contributed by atoms with E-state index in [1.165, 1.54) is 77.4 Å². The van der Waals surface area contributed by atoms with E-state index >= 15 is 0 Å². The third kappa shape index (κ3) is 5.70. The second kappa shape index (κ2) is 14.9. The van der Waals surface area contributed by atoms with E-state index in [1.807, 2.05) is 48.5 Å². The van der Waals surface area contributed by atoms with Gasteiger partial charge >= 0.3 is 0 Å². The monoisotopic (exact) mass is 791 g/mol. The molecule has 0 heterocycles. The zero-order valence-electron chi connectivity index (χ0n) is 34.3. The Morgan fingerprint density at radius 1 is 0.419 bits per heavy atom. The van der Waals surface area contributed by atoms with Gasteiger partial charge in [-0.25, -0.2) is 9.98 Å². The largest absolute Gasteiger partial charge is 0.282 e. The maximum absolute atomic E-state index is 8.69. The molecule has 0 bridgehead atoms. The summed E-state index contributed by atoms with van der Waals surface area (Å²) in [6, 6.07) is 75.6. The molecule has 0 fully saturated rings. The maximum Gasteiger partial charge on any atom is 0.161 e. The molecule has 1 N–H and O–H groups in total. The first-order valence-electron chi connectivity index (χ1n) is 21.1. The average Bonchev–Trinajstić information content (AvgIpc) is 3.81. The van der Waals surface area contributed by atoms with E-state index in [1.54, 1.807) is 0 Å². The Morgan fingerprint density at radius 3 is 1.53 bits per heavy atom. The Hall–Kier alpha value is -8.01. The summed E-state index contributed by atoms with van der Waals surface area (Å²) in [5.41, 5.74) is 15.5. The molecule has 0 atom stereocenters. The van der Waals surface area contributed by atoms with Crippen molar-refractivity contribution in [2.75, 3.05) is 0 Å². The zero-order chi connectivity index (χ0) is 41.8.